The summed E-state index contributed by atoms with van der Waals surface area (Å²) in [7, 11) is -3.55. The fourth-order valence-electron chi connectivity index (χ4n) is 2.88. The Morgan fingerprint density at radius 3 is 2.32 bits per heavy atom. The van der Waals surface area contributed by atoms with Crippen LogP contribution in [-0.4, -0.2) is 68.3 Å². The number of hydrogen-bond acceptors (Lipinski definition) is 5. The van der Waals surface area contributed by atoms with Gasteiger partial charge >= 0.3 is 6.03 Å². The van der Waals surface area contributed by atoms with Gasteiger partial charge in [0.25, 0.3) is 0 Å². The smallest absolute Gasteiger partial charge is 0.321 e. The zero-order valence-electron chi connectivity index (χ0n) is 17.0. The first-order valence-corrected chi connectivity index (χ1v) is 11.0. The Morgan fingerprint density at radius 1 is 1.11 bits per heavy atom. The second-order valence-corrected chi connectivity index (χ2v) is 9.20. The minimum Gasteiger partial charge on any atom is -0.335 e. The van der Waals surface area contributed by atoms with E-state index in [-0.39, 0.29) is 12.6 Å². The van der Waals surface area contributed by atoms with Gasteiger partial charge in [-0.1, -0.05) is 13.0 Å². The van der Waals surface area contributed by atoms with E-state index in [1.54, 1.807) is 12.1 Å². The number of rotatable bonds is 6. The molecule has 28 heavy (non-hydrogen) atoms. The van der Waals surface area contributed by atoms with Crippen molar-refractivity contribution < 1.29 is 18.0 Å². The van der Waals surface area contributed by atoms with Crippen molar-refractivity contribution >= 4 is 22.0 Å². The standard InChI is InChI=1S/C19H30N4O4S/c1-5-16(4)20-19(25)21-18(24)13-22-8-10-23(11-9-22)28(26,27)17-7-6-14(2)15(3)12-17/h6-7,12,16H,5,8-11,13H2,1-4H3,(H2,20,21,24,25)/t16-/m1/s1. The number of sulfonamides is 1. The molecule has 0 radical (unpaired) electrons. The van der Waals surface area contributed by atoms with Crippen molar-refractivity contribution in [2.24, 2.45) is 0 Å². The molecule has 1 fully saturated rings. The van der Waals surface area contributed by atoms with Crippen LogP contribution in [0.1, 0.15) is 31.4 Å². The molecule has 0 aliphatic carbocycles. The molecule has 2 rings (SSSR count). The SMILES string of the molecule is CC[C@@H](C)NC(=O)NC(=O)CN1CCN(S(=O)(=O)c2ccc(C)c(C)c2)CC1. The highest BCUT2D eigenvalue weighted by atomic mass is 32.2. The van der Waals surface area contributed by atoms with Gasteiger partial charge in [0.05, 0.1) is 11.4 Å². The van der Waals surface area contributed by atoms with Crippen LogP contribution in [0.2, 0.25) is 0 Å². The lowest BCUT2D eigenvalue weighted by Gasteiger charge is -2.33. The summed E-state index contributed by atoms with van der Waals surface area (Å²) in [6.45, 7) is 9.18. The monoisotopic (exact) mass is 410 g/mol. The second-order valence-electron chi connectivity index (χ2n) is 7.26. The van der Waals surface area contributed by atoms with Crippen LogP contribution in [0.25, 0.3) is 0 Å². The van der Waals surface area contributed by atoms with Crippen LogP contribution < -0.4 is 10.6 Å². The fourth-order valence-corrected chi connectivity index (χ4v) is 4.39. The Hall–Kier alpha value is -1.97. The summed E-state index contributed by atoms with van der Waals surface area (Å²) in [4.78, 5) is 25.9. The molecule has 0 spiro atoms. The van der Waals surface area contributed by atoms with E-state index in [0.29, 0.717) is 31.1 Å². The number of nitrogens with one attached hydrogen (secondary N) is 2. The number of carbonyl (C=O) groups is 2. The van der Waals surface area contributed by atoms with E-state index >= 15 is 0 Å². The van der Waals surface area contributed by atoms with E-state index < -0.39 is 22.0 Å². The average molecular weight is 411 g/mol. The van der Waals surface area contributed by atoms with Crippen LogP contribution in [0.5, 0.6) is 0 Å². The Labute approximate surface area is 167 Å². The highest BCUT2D eigenvalue weighted by Crippen LogP contribution is 2.20. The van der Waals surface area contributed by atoms with Crippen LogP contribution in [0.3, 0.4) is 0 Å². The summed E-state index contributed by atoms with van der Waals surface area (Å²) in [6.07, 6.45) is 0.776. The maximum atomic E-state index is 12.8. The van der Waals surface area contributed by atoms with E-state index in [1.165, 1.54) is 4.31 Å². The van der Waals surface area contributed by atoms with Gasteiger partial charge in [-0.3, -0.25) is 15.0 Å². The van der Waals surface area contributed by atoms with Crippen LogP contribution in [0.15, 0.2) is 23.1 Å². The van der Waals surface area contributed by atoms with Crippen molar-refractivity contribution in [3.05, 3.63) is 29.3 Å². The topological polar surface area (TPSA) is 98.8 Å². The summed E-state index contributed by atoms with van der Waals surface area (Å²) in [6, 6.07) is 4.63. The van der Waals surface area contributed by atoms with Gasteiger partial charge in [0.1, 0.15) is 0 Å². The zero-order chi connectivity index (χ0) is 20.9. The molecule has 2 N–H and O–H groups in total. The molecule has 1 aliphatic rings. The molecule has 9 heteroatoms. The summed E-state index contributed by atoms with van der Waals surface area (Å²) in [5.74, 6) is -0.397. The Balaban J connectivity index is 1.87. The number of urea groups is 1. The number of imide groups is 1. The molecule has 8 nitrogen and oxygen atoms in total. The summed E-state index contributed by atoms with van der Waals surface area (Å²) in [5.41, 5.74) is 1.99. The normalized spacial score (nSPS) is 17.1. The van der Waals surface area contributed by atoms with Crippen molar-refractivity contribution in [2.75, 3.05) is 32.7 Å². The highest BCUT2D eigenvalue weighted by Gasteiger charge is 2.29. The number of benzene rings is 1. The van der Waals surface area contributed by atoms with Crippen LogP contribution in [0, 0.1) is 13.8 Å². The minimum absolute atomic E-state index is 0.00744. The average Bonchev–Trinajstić information content (AvgIpc) is 2.63. The molecular formula is C19H30N4O4S. The second kappa shape index (κ2) is 9.49. The van der Waals surface area contributed by atoms with Crippen molar-refractivity contribution in [2.45, 2.75) is 45.1 Å². The molecule has 1 saturated heterocycles. The molecule has 0 saturated carbocycles. The van der Waals surface area contributed by atoms with E-state index in [9.17, 15) is 18.0 Å². The number of piperazine rings is 1. The lowest BCUT2D eigenvalue weighted by Crippen LogP contribution is -2.52. The molecule has 0 unspecified atom stereocenters. The van der Waals surface area contributed by atoms with E-state index in [0.717, 1.165) is 17.5 Å². The highest BCUT2D eigenvalue weighted by molar-refractivity contribution is 7.89. The Kier molecular flexibility index (Phi) is 7.56. The van der Waals surface area contributed by atoms with Gasteiger partial charge < -0.3 is 5.32 Å². The van der Waals surface area contributed by atoms with Gasteiger partial charge in [0, 0.05) is 32.2 Å². The zero-order valence-corrected chi connectivity index (χ0v) is 17.8. The molecule has 0 bridgehead atoms. The minimum atomic E-state index is -3.55. The third-order valence-electron chi connectivity index (χ3n) is 5.06. The fraction of sp³-hybridized carbons (Fsp3) is 0.579. The lowest BCUT2D eigenvalue weighted by atomic mass is 10.1. The molecular weight excluding hydrogens is 380 g/mol. The van der Waals surface area contributed by atoms with E-state index in [4.69, 9.17) is 0 Å². The molecule has 1 aliphatic heterocycles. The lowest BCUT2D eigenvalue weighted by molar-refractivity contribution is -0.121. The maximum Gasteiger partial charge on any atom is 0.321 e. The molecule has 1 heterocycles. The van der Waals surface area contributed by atoms with Crippen molar-refractivity contribution in [3.8, 4) is 0 Å². The number of hydrogen-bond donors (Lipinski definition) is 2. The summed E-state index contributed by atoms with van der Waals surface area (Å²) >= 11 is 0. The molecule has 1 aromatic carbocycles. The van der Waals surface area contributed by atoms with E-state index in [2.05, 4.69) is 10.6 Å². The third kappa shape index (κ3) is 5.76. The van der Waals surface area contributed by atoms with Gasteiger partial charge in [-0.15, -0.1) is 0 Å². The van der Waals surface area contributed by atoms with Crippen molar-refractivity contribution in [1.82, 2.24) is 19.8 Å². The van der Waals surface area contributed by atoms with Gasteiger partial charge in [-0.25, -0.2) is 13.2 Å². The van der Waals surface area contributed by atoms with Crippen LogP contribution in [0.4, 0.5) is 4.79 Å². The van der Waals surface area contributed by atoms with Gasteiger partial charge in [0.2, 0.25) is 15.9 Å². The largest absolute Gasteiger partial charge is 0.335 e. The van der Waals surface area contributed by atoms with Crippen molar-refractivity contribution in [1.29, 1.82) is 0 Å². The van der Waals surface area contributed by atoms with E-state index in [1.807, 2.05) is 38.7 Å². The predicted molar refractivity (Wildman–Crippen MR) is 108 cm³/mol. The van der Waals surface area contributed by atoms with Crippen molar-refractivity contribution in [3.63, 3.8) is 0 Å². The van der Waals surface area contributed by atoms with Crippen LogP contribution >= 0.6 is 0 Å². The number of carbonyl (C=O) groups excluding carboxylic acids is 2. The first kappa shape index (κ1) is 22.3. The summed E-state index contributed by atoms with van der Waals surface area (Å²) < 4.78 is 27.1. The quantitative estimate of drug-likeness (QED) is 0.735. The molecule has 3 amide bonds. The molecule has 1 atom stereocenters. The summed E-state index contributed by atoms with van der Waals surface area (Å²) in [5, 5.41) is 4.98. The first-order valence-electron chi connectivity index (χ1n) is 9.53. The third-order valence-corrected chi connectivity index (χ3v) is 6.95. The van der Waals surface area contributed by atoms with Gasteiger partial charge in [-0.05, 0) is 50.5 Å². The molecule has 156 valence electrons. The molecule has 0 aromatic heterocycles. The van der Waals surface area contributed by atoms with Crippen LogP contribution in [-0.2, 0) is 14.8 Å². The first-order chi connectivity index (χ1) is 13.1. The molecule has 1 aromatic rings. The van der Waals surface area contributed by atoms with Gasteiger partial charge in [-0.2, -0.15) is 4.31 Å². The number of aryl methyl sites for hydroxylation is 2. The van der Waals surface area contributed by atoms with Gasteiger partial charge in [0.15, 0.2) is 0 Å². The Bertz CT molecular complexity index is 817. The number of amides is 3. The maximum absolute atomic E-state index is 12.8. The predicted octanol–water partition coefficient (Wildman–Crippen LogP) is 1.23. The Morgan fingerprint density at radius 2 is 1.75 bits per heavy atom. The number of nitrogens with zero attached hydrogens (tertiary/aromatic N) is 2.